The number of ether oxygens (including phenoxy) is 1. The zero-order valence-electron chi connectivity index (χ0n) is 7.73. The predicted molar refractivity (Wildman–Crippen MR) is 48.4 cm³/mol. The number of hydrogen-bond donors (Lipinski definition) is 0. The Balaban J connectivity index is 0.00000144. The molecule has 1 saturated heterocycles. The molecule has 0 radical (unpaired) electrons. The molecule has 0 amide bonds. The monoisotopic (exact) mass is 233 g/mol. The van der Waals surface area contributed by atoms with Crippen LogP contribution in [0.15, 0.2) is 0 Å². The van der Waals surface area contributed by atoms with Crippen LogP contribution in [0.5, 0.6) is 0 Å². The molecule has 72 valence electrons. The Morgan fingerprint density at radius 2 is 1.85 bits per heavy atom. The van der Waals surface area contributed by atoms with Crippen molar-refractivity contribution in [3.63, 3.8) is 0 Å². The Morgan fingerprint density at radius 1 is 1.31 bits per heavy atom. The van der Waals surface area contributed by atoms with Gasteiger partial charge in [-0.2, -0.15) is 0 Å². The van der Waals surface area contributed by atoms with E-state index >= 15 is 0 Å². The molecule has 0 saturated carbocycles. The molecule has 0 bridgehead atoms. The number of hydrogen-bond acceptors (Lipinski definition) is 5. The van der Waals surface area contributed by atoms with Gasteiger partial charge < -0.3 is 16.4 Å². The third kappa shape index (κ3) is 7.18. The predicted octanol–water partition coefficient (Wildman–Crippen LogP) is -3.80. The van der Waals surface area contributed by atoms with Crippen LogP contribution in [-0.2, 0) is 25.3 Å². The fraction of sp³-hybridized carbons (Fsp3) is 1.00. The van der Waals surface area contributed by atoms with Crippen LogP contribution in [0.1, 0.15) is 0 Å². The summed E-state index contributed by atoms with van der Waals surface area (Å²) in [7, 11) is -3.22. The first-order chi connectivity index (χ1) is 5.58. The molecule has 0 aromatic rings. The second-order valence-corrected chi connectivity index (χ2v) is 5.76. The summed E-state index contributed by atoms with van der Waals surface area (Å²) in [5, 5.41) is 0. The maximum atomic E-state index is 10.6. The van der Waals surface area contributed by atoms with Gasteiger partial charge in [0.2, 0.25) is 0 Å². The summed E-state index contributed by atoms with van der Waals surface area (Å²) in [6, 6.07) is 0. The van der Waals surface area contributed by atoms with Crippen molar-refractivity contribution in [1.29, 1.82) is 0 Å². The molecule has 13 heavy (non-hydrogen) atoms. The van der Waals surface area contributed by atoms with E-state index in [4.69, 9.17) is 4.74 Å². The van der Waals surface area contributed by atoms with Gasteiger partial charge in [0, 0.05) is 34.3 Å². The van der Waals surface area contributed by atoms with E-state index in [-0.39, 0.29) is 35.3 Å². The van der Waals surface area contributed by atoms with Crippen molar-refractivity contribution in [1.82, 2.24) is 4.90 Å². The average Bonchev–Trinajstić information content (AvgIpc) is 2.02. The van der Waals surface area contributed by atoms with Crippen molar-refractivity contribution in [2.45, 2.75) is 0 Å². The zero-order valence-corrected chi connectivity index (χ0v) is 11.4. The Labute approximate surface area is 106 Å². The molecular weight excluding hydrogens is 221 g/mol. The molecule has 1 rings (SSSR count). The molecular formula is C6H12NNaO3S2. The SMILES string of the molecule is O=S(=O)([S-])CCN1CCOCC1.[Na+]. The van der Waals surface area contributed by atoms with Gasteiger partial charge in [0.1, 0.15) is 0 Å². The first kappa shape index (κ1) is 14.2. The van der Waals surface area contributed by atoms with Crippen molar-refractivity contribution < 1.29 is 42.7 Å². The van der Waals surface area contributed by atoms with Crippen molar-refractivity contribution in [2.75, 3.05) is 38.6 Å². The Bertz CT molecular complexity index is 226. The van der Waals surface area contributed by atoms with Gasteiger partial charge in [-0.3, -0.25) is 13.3 Å². The smallest absolute Gasteiger partial charge is 0.649 e. The van der Waals surface area contributed by atoms with Gasteiger partial charge in [0.15, 0.2) is 0 Å². The molecule has 4 nitrogen and oxygen atoms in total. The quantitative estimate of drug-likeness (QED) is 0.284. The maximum Gasteiger partial charge on any atom is 1.00 e. The van der Waals surface area contributed by atoms with Crippen molar-refractivity contribution in [3.8, 4) is 0 Å². The van der Waals surface area contributed by atoms with Gasteiger partial charge in [-0.1, -0.05) is 0 Å². The average molecular weight is 233 g/mol. The van der Waals surface area contributed by atoms with E-state index in [1.807, 2.05) is 4.90 Å². The molecule has 0 aromatic carbocycles. The van der Waals surface area contributed by atoms with E-state index < -0.39 is 8.87 Å². The minimum Gasteiger partial charge on any atom is -0.649 e. The molecule has 1 heterocycles. The second-order valence-electron chi connectivity index (χ2n) is 2.72. The van der Waals surface area contributed by atoms with E-state index in [0.717, 1.165) is 13.1 Å². The van der Waals surface area contributed by atoms with Crippen LogP contribution >= 0.6 is 0 Å². The van der Waals surface area contributed by atoms with Gasteiger partial charge >= 0.3 is 29.6 Å². The summed E-state index contributed by atoms with van der Waals surface area (Å²) in [5.41, 5.74) is 0. The van der Waals surface area contributed by atoms with E-state index in [0.29, 0.717) is 19.8 Å². The first-order valence-corrected chi connectivity index (χ1v) is 6.39. The van der Waals surface area contributed by atoms with Crippen LogP contribution in [0.3, 0.4) is 0 Å². The zero-order chi connectivity index (χ0) is 9.03. The van der Waals surface area contributed by atoms with E-state index in [9.17, 15) is 8.42 Å². The molecule has 0 N–H and O–H groups in total. The van der Waals surface area contributed by atoms with Crippen molar-refractivity contribution in [3.05, 3.63) is 0 Å². The number of nitrogens with zero attached hydrogens (tertiary/aromatic N) is 1. The second kappa shape index (κ2) is 6.66. The summed E-state index contributed by atoms with van der Waals surface area (Å²) >= 11 is 4.27. The molecule has 1 aliphatic heterocycles. The van der Waals surface area contributed by atoms with Crippen LogP contribution in [0.25, 0.3) is 0 Å². The molecule has 0 atom stereocenters. The molecule has 0 unspecified atom stereocenters. The Kier molecular flexibility index (Phi) is 7.28. The van der Waals surface area contributed by atoms with Gasteiger partial charge in [0.25, 0.3) is 0 Å². The van der Waals surface area contributed by atoms with Crippen LogP contribution in [0, 0.1) is 0 Å². The standard InChI is InChI=1S/C6H13NO3S2.Na/c8-12(9,11)6-3-7-1-4-10-5-2-7;/h1-6H2,(H,8,9,11);/q;+1/p-1. The third-order valence-electron chi connectivity index (χ3n) is 1.76. The fourth-order valence-corrected chi connectivity index (χ4v) is 1.77. The van der Waals surface area contributed by atoms with Gasteiger partial charge in [-0.25, -0.2) is 0 Å². The largest absolute Gasteiger partial charge is 1.00 e. The number of rotatable bonds is 3. The summed E-state index contributed by atoms with van der Waals surface area (Å²) in [6.07, 6.45) is 0. The van der Waals surface area contributed by atoms with E-state index in [2.05, 4.69) is 11.7 Å². The molecule has 1 aliphatic rings. The summed E-state index contributed by atoms with van der Waals surface area (Å²) < 4.78 is 26.4. The third-order valence-corrected chi connectivity index (χ3v) is 2.94. The van der Waals surface area contributed by atoms with Gasteiger partial charge in [-0.05, 0) is 0 Å². The van der Waals surface area contributed by atoms with Crippen molar-refractivity contribution >= 4 is 20.5 Å². The molecule has 0 aromatic heterocycles. The summed E-state index contributed by atoms with van der Waals surface area (Å²) in [4.78, 5) is 2.05. The van der Waals surface area contributed by atoms with Gasteiger partial charge in [0.05, 0.1) is 13.2 Å². The van der Waals surface area contributed by atoms with E-state index in [1.54, 1.807) is 0 Å². The van der Waals surface area contributed by atoms with E-state index in [1.165, 1.54) is 0 Å². The molecule has 0 spiro atoms. The van der Waals surface area contributed by atoms with Crippen molar-refractivity contribution in [2.24, 2.45) is 0 Å². The maximum absolute atomic E-state index is 10.6. The Morgan fingerprint density at radius 3 is 2.31 bits per heavy atom. The van der Waals surface area contributed by atoms with Crippen LogP contribution < -0.4 is 29.6 Å². The molecule has 7 heteroatoms. The summed E-state index contributed by atoms with van der Waals surface area (Å²) in [6.45, 7) is 3.54. The van der Waals surface area contributed by atoms with Crippen LogP contribution in [0.2, 0.25) is 0 Å². The topological polar surface area (TPSA) is 46.6 Å². The Hall–Kier alpha value is 1.22. The normalized spacial score (nSPS) is 19.5. The molecule has 0 aliphatic carbocycles. The van der Waals surface area contributed by atoms with Crippen LogP contribution in [-0.4, -0.2) is 51.9 Å². The minimum atomic E-state index is -3.22. The minimum absolute atomic E-state index is 0. The molecule has 1 fully saturated rings. The summed E-state index contributed by atoms with van der Waals surface area (Å²) in [5.74, 6) is 0.0718. The number of morpholine rings is 1. The van der Waals surface area contributed by atoms with Gasteiger partial charge in [-0.15, -0.1) is 0 Å². The van der Waals surface area contributed by atoms with Crippen LogP contribution in [0.4, 0.5) is 0 Å². The fourth-order valence-electron chi connectivity index (χ4n) is 1.07. The first-order valence-electron chi connectivity index (χ1n) is 3.81.